The zero-order valence-corrected chi connectivity index (χ0v) is 13.4. The molecule has 0 saturated heterocycles. The van der Waals surface area contributed by atoms with E-state index in [9.17, 15) is 13.6 Å². The summed E-state index contributed by atoms with van der Waals surface area (Å²) in [5.41, 5.74) is 1.54. The number of halogens is 2. The van der Waals surface area contributed by atoms with Gasteiger partial charge in [0.15, 0.2) is 5.69 Å². The predicted molar refractivity (Wildman–Crippen MR) is 83.7 cm³/mol. The molecule has 2 aromatic rings. The Balaban J connectivity index is 1.77. The van der Waals surface area contributed by atoms with Crippen molar-refractivity contribution in [2.75, 3.05) is 13.1 Å². The number of carbonyl (C=O) groups is 1. The third-order valence-corrected chi connectivity index (χ3v) is 4.22. The molecule has 0 aromatic carbocycles. The molecule has 1 aliphatic carbocycles. The van der Waals surface area contributed by atoms with Crippen LogP contribution in [0.3, 0.4) is 0 Å². The van der Waals surface area contributed by atoms with Crippen LogP contribution in [0.2, 0.25) is 0 Å². The molecule has 1 amide bonds. The van der Waals surface area contributed by atoms with Crippen LogP contribution in [0, 0.1) is 12.8 Å². The van der Waals surface area contributed by atoms with Gasteiger partial charge in [0.05, 0.1) is 6.54 Å². The van der Waals surface area contributed by atoms with Gasteiger partial charge in [0, 0.05) is 24.0 Å². The lowest BCUT2D eigenvalue weighted by molar-refractivity contribution is 0.0465. The molecule has 0 radical (unpaired) electrons. The maximum absolute atomic E-state index is 12.8. The Hall–Kier alpha value is -2.31. The van der Waals surface area contributed by atoms with Gasteiger partial charge in [0.2, 0.25) is 5.89 Å². The summed E-state index contributed by atoms with van der Waals surface area (Å²) in [4.78, 5) is 22.0. The number of hydrogen-bond donors (Lipinski definition) is 0. The van der Waals surface area contributed by atoms with Crippen LogP contribution in [0.25, 0.3) is 11.5 Å². The maximum Gasteiger partial charge on any atom is 0.276 e. The van der Waals surface area contributed by atoms with E-state index in [4.69, 9.17) is 4.42 Å². The number of amides is 1. The Morgan fingerprint density at radius 3 is 2.88 bits per heavy atom. The number of hydrogen-bond acceptors (Lipinski definition) is 4. The SMILES string of the molecule is Cc1cc(-c2nc(C(=O)N(CC(F)F)CC3CCC3)co2)ccn1. The molecule has 5 nitrogen and oxygen atoms in total. The first-order chi connectivity index (χ1) is 11.5. The monoisotopic (exact) mass is 335 g/mol. The Labute approximate surface area is 138 Å². The van der Waals surface area contributed by atoms with E-state index in [0.717, 1.165) is 25.0 Å². The van der Waals surface area contributed by atoms with E-state index in [-0.39, 0.29) is 11.6 Å². The molecule has 7 heteroatoms. The third kappa shape index (κ3) is 3.77. The van der Waals surface area contributed by atoms with E-state index in [2.05, 4.69) is 9.97 Å². The lowest BCUT2D eigenvalue weighted by atomic mass is 9.85. The molecule has 0 aliphatic heterocycles. The number of oxazole rings is 1. The molecule has 0 bridgehead atoms. The van der Waals surface area contributed by atoms with Crippen LogP contribution in [-0.2, 0) is 0 Å². The van der Waals surface area contributed by atoms with E-state index in [0.29, 0.717) is 18.0 Å². The minimum atomic E-state index is -2.57. The number of aryl methyl sites for hydroxylation is 1. The van der Waals surface area contributed by atoms with Crippen molar-refractivity contribution in [1.82, 2.24) is 14.9 Å². The first kappa shape index (κ1) is 16.5. The molecule has 2 aromatic heterocycles. The molecule has 0 spiro atoms. The van der Waals surface area contributed by atoms with Crippen LogP contribution < -0.4 is 0 Å². The quantitative estimate of drug-likeness (QED) is 0.810. The second-order valence-electron chi connectivity index (χ2n) is 6.12. The van der Waals surface area contributed by atoms with Crippen LogP contribution >= 0.6 is 0 Å². The smallest absolute Gasteiger partial charge is 0.276 e. The largest absolute Gasteiger partial charge is 0.444 e. The number of pyridine rings is 1. The summed E-state index contributed by atoms with van der Waals surface area (Å²) in [6, 6.07) is 3.50. The van der Waals surface area contributed by atoms with Crippen molar-refractivity contribution in [2.24, 2.45) is 5.92 Å². The summed E-state index contributed by atoms with van der Waals surface area (Å²) in [6.45, 7) is 1.60. The van der Waals surface area contributed by atoms with E-state index < -0.39 is 18.9 Å². The van der Waals surface area contributed by atoms with Crippen molar-refractivity contribution in [3.8, 4) is 11.5 Å². The summed E-state index contributed by atoms with van der Waals surface area (Å²) >= 11 is 0. The van der Waals surface area contributed by atoms with Gasteiger partial charge in [-0.1, -0.05) is 6.42 Å². The summed E-state index contributed by atoms with van der Waals surface area (Å²) in [5.74, 6) is 0.0781. The summed E-state index contributed by atoms with van der Waals surface area (Å²) in [6.07, 6.45) is 3.34. The minimum Gasteiger partial charge on any atom is -0.444 e. The van der Waals surface area contributed by atoms with Gasteiger partial charge in [-0.3, -0.25) is 9.78 Å². The van der Waals surface area contributed by atoms with Gasteiger partial charge in [-0.25, -0.2) is 13.8 Å². The van der Waals surface area contributed by atoms with Crippen molar-refractivity contribution in [3.63, 3.8) is 0 Å². The Bertz CT molecular complexity index is 713. The molecule has 1 saturated carbocycles. The highest BCUT2D eigenvalue weighted by Gasteiger charge is 2.28. The lowest BCUT2D eigenvalue weighted by Gasteiger charge is -2.31. The van der Waals surface area contributed by atoms with Crippen LogP contribution in [0.5, 0.6) is 0 Å². The van der Waals surface area contributed by atoms with Crippen molar-refractivity contribution in [3.05, 3.63) is 36.0 Å². The van der Waals surface area contributed by atoms with E-state index in [1.165, 1.54) is 11.2 Å². The molecule has 1 fully saturated rings. The molecule has 24 heavy (non-hydrogen) atoms. The summed E-state index contributed by atoms with van der Waals surface area (Å²) in [5, 5.41) is 0. The Morgan fingerprint density at radius 1 is 1.46 bits per heavy atom. The molecule has 2 heterocycles. The normalized spacial score (nSPS) is 14.7. The maximum atomic E-state index is 12.8. The van der Waals surface area contributed by atoms with Crippen molar-refractivity contribution < 1.29 is 18.0 Å². The highest BCUT2D eigenvalue weighted by molar-refractivity contribution is 5.92. The fraction of sp³-hybridized carbons (Fsp3) is 0.471. The van der Waals surface area contributed by atoms with E-state index >= 15 is 0 Å². The first-order valence-corrected chi connectivity index (χ1v) is 7.99. The van der Waals surface area contributed by atoms with Gasteiger partial charge in [-0.15, -0.1) is 0 Å². The third-order valence-electron chi connectivity index (χ3n) is 4.22. The molecule has 0 unspecified atom stereocenters. The fourth-order valence-electron chi connectivity index (χ4n) is 2.74. The minimum absolute atomic E-state index is 0.0550. The summed E-state index contributed by atoms with van der Waals surface area (Å²) < 4.78 is 31.0. The molecule has 0 atom stereocenters. The lowest BCUT2D eigenvalue weighted by Crippen LogP contribution is -2.40. The second kappa shape index (κ2) is 7.07. The molecule has 0 N–H and O–H groups in total. The second-order valence-corrected chi connectivity index (χ2v) is 6.12. The van der Waals surface area contributed by atoms with Gasteiger partial charge in [0.1, 0.15) is 6.26 Å². The molecule has 128 valence electrons. The molecule has 1 aliphatic rings. The standard InChI is InChI=1S/C17H19F2N3O2/c1-11-7-13(5-6-20-11)16-21-14(10-24-16)17(23)22(9-15(18)19)8-12-3-2-4-12/h5-7,10,12,15H,2-4,8-9H2,1H3. The van der Waals surface area contributed by atoms with Crippen LogP contribution in [0.1, 0.15) is 35.4 Å². The van der Waals surface area contributed by atoms with Crippen molar-refractivity contribution in [1.29, 1.82) is 0 Å². The number of rotatable bonds is 6. The molecule has 3 rings (SSSR count). The average Bonchev–Trinajstić information content (AvgIpc) is 2.98. The predicted octanol–water partition coefficient (Wildman–Crippen LogP) is 3.55. The van der Waals surface area contributed by atoms with Gasteiger partial charge >= 0.3 is 0 Å². The van der Waals surface area contributed by atoms with Crippen LogP contribution in [0.15, 0.2) is 29.0 Å². The Kier molecular flexibility index (Phi) is 4.87. The summed E-state index contributed by atoms with van der Waals surface area (Å²) in [7, 11) is 0. The van der Waals surface area contributed by atoms with Crippen LogP contribution in [0.4, 0.5) is 8.78 Å². The number of aromatic nitrogens is 2. The molecular weight excluding hydrogens is 316 g/mol. The number of nitrogens with zero attached hydrogens (tertiary/aromatic N) is 3. The van der Waals surface area contributed by atoms with E-state index in [1.54, 1.807) is 18.3 Å². The highest BCUT2D eigenvalue weighted by atomic mass is 19.3. The van der Waals surface area contributed by atoms with Gasteiger partial charge in [-0.05, 0) is 37.8 Å². The highest BCUT2D eigenvalue weighted by Crippen LogP contribution is 2.28. The average molecular weight is 335 g/mol. The number of carbonyl (C=O) groups excluding carboxylic acids is 1. The van der Waals surface area contributed by atoms with Gasteiger partial charge < -0.3 is 9.32 Å². The zero-order chi connectivity index (χ0) is 17.1. The van der Waals surface area contributed by atoms with E-state index in [1.807, 2.05) is 6.92 Å². The zero-order valence-electron chi connectivity index (χ0n) is 13.4. The number of alkyl halides is 2. The molecular formula is C17H19F2N3O2. The van der Waals surface area contributed by atoms with Gasteiger partial charge in [0.25, 0.3) is 12.3 Å². The first-order valence-electron chi connectivity index (χ1n) is 7.99. The topological polar surface area (TPSA) is 59.2 Å². The Morgan fingerprint density at radius 2 is 2.25 bits per heavy atom. The van der Waals surface area contributed by atoms with Gasteiger partial charge in [-0.2, -0.15) is 0 Å². The van der Waals surface area contributed by atoms with Crippen molar-refractivity contribution in [2.45, 2.75) is 32.6 Å². The fourth-order valence-corrected chi connectivity index (χ4v) is 2.74. The van der Waals surface area contributed by atoms with Crippen molar-refractivity contribution >= 4 is 5.91 Å². The van der Waals surface area contributed by atoms with Crippen LogP contribution in [-0.4, -0.2) is 40.3 Å².